The molecule has 2 aromatic carbocycles. The van der Waals surface area contributed by atoms with E-state index in [2.05, 4.69) is 4.99 Å². The summed E-state index contributed by atoms with van der Waals surface area (Å²) in [6.07, 6.45) is 3.62. The summed E-state index contributed by atoms with van der Waals surface area (Å²) in [7, 11) is 1.62. The van der Waals surface area contributed by atoms with E-state index in [9.17, 15) is 10.2 Å². The number of methoxy groups -OCH3 is 1. The number of phenolic OH excluding ortho intramolecular Hbond substituents is 1. The van der Waals surface area contributed by atoms with Gasteiger partial charge in [-0.05, 0) is 60.8 Å². The molecule has 5 nitrogen and oxygen atoms in total. The largest absolute Gasteiger partial charge is 0.508 e. The molecular weight excluding hydrogens is 368 g/mol. The van der Waals surface area contributed by atoms with E-state index >= 15 is 0 Å². The van der Waals surface area contributed by atoms with Crippen molar-refractivity contribution in [2.75, 3.05) is 7.11 Å². The monoisotopic (exact) mass is 382 g/mol. The molecule has 2 N–H and O–H groups in total. The van der Waals surface area contributed by atoms with Crippen molar-refractivity contribution in [3.8, 4) is 23.1 Å². The number of aromatic nitrogens is 1. The first-order chi connectivity index (χ1) is 12.6. The quantitative estimate of drug-likeness (QED) is 0.630. The predicted molar refractivity (Wildman–Crippen MR) is 107 cm³/mol. The Labute approximate surface area is 158 Å². The number of fused-ring (bicyclic) bond motifs is 1. The average molecular weight is 382 g/mol. The normalized spacial score (nSPS) is 14.0. The zero-order valence-corrected chi connectivity index (χ0v) is 15.3. The third kappa shape index (κ3) is 2.81. The molecular formula is C19H14N2O3S2. The molecule has 0 saturated heterocycles. The molecule has 0 radical (unpaired) electrons. The first-order valence-corrected chi connectivity index (χ1v) is 8.97. The summed E-state index contributed by atoms with van der Waals surface area (Å²) < 4.78 is 7.37. The Kier molecular flexibility index (Phi) is 4.10. The smallest absolute Gasteiger partial charge is 0.215 e. The van der Waals surface area contributed by atoms with Gasteiger partial charge in [-0.1, -0.05) is 0 Å². The third-order valence-electron chi connectivity index (χ3n) is 4.06. The summed E-state index contributed by atoms with van der Waals surface area (Å²) in [5.41, 5.74) is 3.37. The van der Waals surface area contributed by atoms with Crippen molar-refractivity contribution in [3.05, 3.63) is 56.9 Å². The molecule has 130 valence electrons. The summed E-state index contributed by atoms with van der Waals surface area (Å²) >= 11 is 6.72. The lowest BCUT2D eigenvalue weighted by molar-refractivity contribution is 0.415. The standard InChI is InChI=1S/C19H14N2O3S2/c1-24-14-6-7-16-15(9-14)11(10-20-16)8-17-18(23)21(19(25)26-17)12-2-4-13(22)5-3-12/h2-10,22-23H,1H3/b11-8+. The topological polar surface area (TPSA) is 67.0 Å². The molecule has 0 spiro atoms. The van der Waals surface area contributed by atoms with E-state index < -0.39 is 0 Å². The lowest BCUT2D eigenvalue weighted by Crippen LogP contribution is -1.92. The highest BCUT2D eigenvalue weighted by Crippen LogP contribution is 2.38. The number of thiazole rings is 1. The van der Waals surface area contributed by atoms with Crippen LogP contribution in [0.4, 0.5) is 5.69 Å². The van der Waals surface area contributed by atoms with Gasteiger partial charge in [0.2, 0.25) is 5.88 Å². The number of phenols is 1. The minimum atomic E-state index is 0.0583. The second-order valence-corrected chi connectivity index (χ2v) is 7.32. The molecule has 1 aliphatic heterocycles. The molecule has 0 amide bonds. The Morgan fingerprint density at radius 2 is 1.92 bits per heavy atom. The predicted octanol–water partition coefficient (Wildman–Crippen LogP) is 4.94. The van der Waals surface area contributed by atoms with Crippen LogP contribution in [0.1, 0.15) is 10.4 Å². The van der Waals surface area contributed by atoms with E-state index in [1.807, 2.05) is 24.3 Å². The minimum Gasteiger partial charge on any atom is -0.508 e. The molecule has 1 aliphatic rings. The first kappa shape index (κ1) is 16.6. The van der Waals surface area contributed by atoms with Crippen LogP contribution in [0.25, 0.3) is 17.3 Å². The summed E-state index contributed by atoms with van der Waals surface area (Å²) in [6.45, 7) is 0. The number of aromatic hydroxyl groups is 2. The van der Waals surface area contributed by atoms with Crippen molar-refractivity contribution in [2.45, 2.75) is 0 Å². The van der Waals surface area contributed by atoms with Crippen molar-refractivity contribution in [2.24, 2.45) is 4.99 Å². The zero-order chi connectivity index (χ0) is 18.3. The fourth-order valence-corrected chi connectivity index (χ4v) is 4.06. The lowest BCUT2D eigenvalue weighted by Gasteiger charge is -2.05. The molecule has 0 saturated carbocycles. The Morgan fingerprint density at radius 1 is 1.15 bits per heavy atom. The first-order valence-electron chi connectivity index (χ1n) is 7.75. The highest BCUT2D eigenvalue weighted by Gasteiger charge is 2.17. The Bertz CT molecular complexity index is 1110. The molecule has 26 heavy (non-hydrogen) atoms. The Hall–Kier alpha value is -2.90. The maximum absolute atomic E-state index is 10.7. The maximum Gasteiger partial charge on any atom is 0.215 e. The fourth-order valence-electron chi connectivity index (χ4n) is 2.76. The number of rotatable bonds is 3. The molecule has 3 aromatic rings. The summed E-state index contributed by atoms with van der Waals surface area (Å²) in [6, 6.07) is 12.2. The average Bonchev–Trinajstić information content (AvgIpc) is 3.17. The molecule has 0 atom stereocenters. The second kappa shape index (κ2) is 6.44. The van der Waals surface area contributed by atoms with Gasteiger partial charge in [0.15, 0.2) is 3.95 Å². The molecule has 0 aliphatic carbocycles. The van der Waals surface area contributed by atoms with Gasteiger partial charge < -0.3 is 14.9 Å². The Balaban J connectivity index is 1.79. The van der Waals surface area contributed by atoms with Gasteiger partial charge in [-0.3, -0.25) is 9.56 Å². The van der Waals surface area contributed by atoms with Gasteiger partial charge in [0.1, 0.15) is 11.5 Å². The van der Waals surface area contributed by atoms with Gasteiger partial charge in [-0.25, -0.2) is 0 Å². The third-order valence-corrected chi connectivity index (χ3v) is 5.37. The fraction of sp³-hybridized carbons (Fsp3) is 0.0526. The number of benzene rings is 2. The molecule has 7 heteroatoms. The van der Waals surface area contributed by atoms with Crippen molar-refractivity contribution in [1.29, 1.82) is 0 Å². The highest BCUT2D eigenvalue weighted by molar-refractivity contribution is 7.73. The second-order valence-electron chi connectivity index (χ2n) is 5.65. The van der Waals surface area contributed by atoms with Gasteiger partial charge >= 0.3 is 0 Å². The maximum atomic E-state index is 10.7. The summed E-state index contributed by atoms with van der Waals surface area (Å²) in [5.74, 6) is 0.964. The lowest BCUT2D eigenvalue weighted by atomic mass is 10.1. The van der Waals surface area contributed by atoms with Crippen LogP contribution in [0.15, 0.2) is 47.5 Å². The van der Waals surface area contributed by atoms with Crippen LogP contribution in [0.2, 0.25) is 0 Å². The van der Waals surface area contributed by atoms with E-state index in [1.165, 1.54) is 11.3 Å². The number of aliphatic imine (C=N–C) groups is 1. The summed E-state index contributed by atoms with van der Waals surface area (Å²) in [5, 5.41) is 20.1. The van der Waals surface area contributed by atoms with Gasteiger partial charge in [0, 0.05) is 17.4 Å². The molecule has 4 rings (SSSR count). The van der Waals surface area contributed by atoms with Crippen LogP contribution in [-0.4, -0.2) is 28.1 Å². The zero-order valence-electron chi connectivity index (χ0n) is 13.7. The molecule has 1 aromatic heterocycles. The van der Waals surface area contributed by atoms with Crippen LogP contribution in [0.5, 0.6) is 17.4 Å². The van der Waals surface area contributed by atoms with E-state index in [4.69, 9.17) is 17.0 Å². The molecule has 0 bridgehead atoms. The van der Waals surface area contributed by atoms with E-state index in [-0.39, 0.29) is 11.6 Å². The van der Waals surface area contributed by atoms with Crippen LogP contribution in [-0.2, 0) is 0 Å². The van der Waals surface area contributed by atoms with Crippen LogP contribution in [0.3, 0.4) is 0 Å². The number of nitrogens with zero attached hydrogens (tertiary/aromatic N) is 2. The van der Waals surface area contributed by atoms with Gasteiger partial charge in [0.25, 0.3) is 0 Å². The van der Waals surface area contributed by atoms with Crippen LogP contribution in [0, 0.1) is 3.95 Å². The number of ether oxygens (including phenoxy) is 1. The van der Waals surface area contributed by atoms with Crippen LogP contribution >= 0.6 is 23.6 Å². The number of hydrogen-bond acceptors (Lipinski definition) is 6. The van der Waals surface area contributed by atoms with Crippen molar-refractivity contribution >= 4 is 47.1 Å². The van der Waals surface area contributed by atoms with Crippen molar-refractivity contribution < 1.29 is 14.9 Å². The SMILES string of the molecule is COc1ccc2c(c1)/C(=C/c1sc(=S)n(-c3ccc(O)cc3)c1O)C=N2. The van der Waals surface area contributed by atoms with Gasteiger partial charge in [-0.2, -0.15) is 0 Å². The van der Waals surface area contributed by atoms with Crippen LogP contribution < -0.4 is 4.74 Å². The van der Waals surface area contributed by atoms with Crippen molar-refractivity contribution in [1.82, 2.24) is 4.57 Å². The van der Waals surface area contributed by atoms with Gasteiger partial charge in [0.05, 0.1) is 23.4 Å². The summed E-state index contributed by atoms with van der Waals surface area (Å²) in [4.78, 5) is 5.03. The molecule has 0 fully saturated rings. The van der Waals surface area contributed by atoms with Gasteiger partial charge in [-0.15, -0.1) is 11.3 Å². The van der Waals surface area contributed by atoms with E-state index in [0.29, 0.717) is 14.5 Å². The van der Waals surface area contributed by atoms with E-state index in [0.717, 1.165) is 22.6 Å². The minimum absolute atomic E-state index is 0.0583. The number of hydrogen-bond donors (Lipinski definition) is 2. The molecule has 2 heterocycles. The van der Waals surface area contributed by atoms with E-state index in [1.54, 1.807) is 42.2 Å². The number of allylic oxidation sites excluding steroid dienone is 1. The van der Waals surface area contributed by atoms with Crippen molar-refractivity contribution in [3.63, 3.8) is 0 Å². The highest BCUT2D eigenvalue weighted by atomic mass is 32.1. The molecule has 0 unspecified atom stereocenters. The Morgan fingerprint density at radius 3 is 2.65 bits per heavy atom.